The molecule has 34 heavy (non-hydrogen) atoms. The smallest absolute Gasteiger partial charge is 0.255 e. The second-order valence-corrected chi connectivity index (χ2v) is 9.12. The van der Waals surface area contributed by atoms with Crippen LogP contribution in [0.4, 0.5) is 5.69 Å². The Kier molecular flexibility index (Phi) is 9.05. The highest BCUT2D eigenvalue weighted by Gasteiger charge is 2.19. The molecular formula is C26H27Cl2N3O2S. The van der Waals surface area contributed by atoms with Gasteiger partial charge < -0.3 is 10.4 Å². The third-order valence-corrected chi connectivity index (χ3v) is 6.80. The Hall–Kier alpha value is -2.48. The molecule has 5 nitrogen and oxygen atoms in total. The van der Waals surface area contributed by atoms with Crippen LogP contribution in [0.5, 0.6) is 0 Å². The molecule has 8 heteroatoms. The number of aliphatic hydroxyl groups excluding tert-OH is 1. The molecule has 3 aromatic carbocycles. The lowest BCUT2D eigenvalue weighted by Crippen LogP contribution is -2.35. The molecule has 1 fully saturated rings. The van der Waals surface area contributed by atoms with E-state index in [-0.39, 0.29) is 36.8 Å². The van der Waals surface area contributed by atoms with Gasteiger partial charge in [-0.2, -0.15) is 0 Å². The first-order valence-electron chi connectivity index (χ1n) is 10.9. The summed E-state index contributed by atoms with van der Waals surface area (Å²) in [4.78, 5) is 19.7. The zero-order valence-electron chi connectivity index (χ0n) is 18.5. The summed E-state index contributed by atoms with van der Waals surface area (Å²) in [5, 5.41) is 12.9. The second-order valence-electron chi connectivity index (χ2n) is 8.23. The van der Waals surface area contributed by atoms with E-state index in [2.05, 4.69) is 27.3 Å². The summed E-state index contributed by atoms with van der Waals surface area (Å²) in [6.45, 7) is 2.47. The van der Waals surface area contributed by atoms with Crippen LogP contribution in [0.15, 0.2) is 72.2 Å². The molecule has 0 radical (unpaired) electrons. The van der Waals surface area contributed by atoms with E-state index in [1.54, 1.807) is 11.3 Å². The lowest BCUT2D eigenvalue weighted by molar-refractivity contribution is 0.0793. The van der Waals surface area contributed by atoms with E-state index in [1.165, 1.54) is 0 Å². The Balaban J connectivity index is 0.00000162. The SMILES string of the molecule is Cl.Cl.O=C(Nc1ccc2scnc2c1)c1ccc(-c2ccccc2)c(CN2CCC(O)CC2)c1. The normalized spacial score (nSPS) is 14.3. The molecule has 0 saturated carbocycles. The highest BCUT2D eigenvalue weighted by molar-refractivity contribution is 7.16. The van der Waals surface area contributed by atoms with Crippen molar-refractivity contribution in [3.63, 3.8) is 0 Å². The summed E-state index contributed by atoms with van der Waals surface area (Å²) in [6.07, 6.45) is 1.38. The van der Waals surface area contributed by atoms with E-state index >= 15 is 0 Å². The van der Waals surface area contributed by atoms with Crippen molar-refractivity contribution in [2.45, 2.75) is 25.5 Å². The Morgan fingerprint density at radius 2 is 1.79 bits per heavy atom. The number of thiazole rings is 1. The predicted molar refractivity (Wildman–Crippen MR) is 144 cm³/mol. The molecule has 4 aromatic rings. The fourth-order valence-electron chi connectivity index (χ4n) is 4.22. The number of hydrogen-bond acceptors (Lipinski definition) is 5. The van der Waals surface area contributed by atoms with Gasteiger partial charge in [0, 0.05) is 30.9 Å². The van der Waals surface area contributed by atoms with Crippen molar-refractivity contribution in [3.8, 4) is 11.1 Å². The number of benzene rings is 3. The quantitative estimate of drug-likeness (QED) is 0.341. The van der Waals surface area contributed by atoms with Crippen molar-refractivity contribution in [1.82, 2.24) is 9.88 Å². The van der Waals surface area contributed by atoms with Gasteiger partial charge in [0.25, 0.3) is 5.91 Å². The van der Waals surface area contributed by atoms with E-state index in [1.807, 2.05) is 60.1 Å². The number of amides is 1. The number of anilines is 1. The molecule has 2 N–H and O–H groups in total. The van der Waals surface area contributed by atoms with Gasteiger partial charge in [-0.25, -0.2) is 4.98 Å². The van der Waals surface area contributed by atoms with E-state index in [9.17, 15) is 9.90 Å². The second kappa shape index (κ2) is 11.8. The van der Waals surface area contributed by atoms with Gasteiger partial charge in [0.1, 0.15) is 0 Å². The van der Waals surface area contributed by atoms with Crippen LogP contribution in [0, 0.1) is 0 Å². The maximum Gasteiger partial charge on any atom is 0.255 e. The zero-order valence-corrected chi connectivity index (χ0v) is 21.0. The lowest BCUT2D eigenvalue weighted by atomic mass is 9.96. The Morgan fingerprint density at radius 1 is 1.03 bits per heavy atom. The molecule has 1 saturated heterocycles. The standard InChI is InChI=1S/C26H25N3O2S.2ClH/c30-22-10-12-29(13-11-22)16-20-14-19(6-8-23(20)18-4-2-1-3-5-18)26(31)28-21-7-9-25-24(15-21)27-17-32-25;;/h1-9,14-15,17,22,30H,10-13,16H2,(H,28,31);2*1H. The van der Waals surface area contributed by atoms with Gasteiger partial charge in [-0.1, -0.05) is 36.4 Å². The number of piperidine rings is 1. The molecule has 0 spiro atoms. The number of aliphatic hydroxyl groups is 1. The number of fused-ring (bicyclic) bond motifs is 1. The Labute approximate surface area is 215 Å². The lowest BCUT2D eigenvalue weighted by Gasteiger charge is -2.30. The van der Waals surface area contributed by atoms with Crippen LogP contribution in [-0.2, 0) is 6.54 Å². The molecule has 1 aliphatic rings. The highest BCUT2D eigenvalue weighted by atomic mass is 35.5. The van der Waals surface area contributed by atoms with Crippen LogP contribution in [-0.4, -0.2) is 40.1 Å². The molecule has 1 aliphatic heterocycles. The molecule has 1 aromatic heterocycles. The summed E-state index contributed by atoms with van der Waals surface area (Å²) < 4.78 is 1.10. The van der Waals surface area contributed by atoms with Crippen molar-refractivity contribution in [3.05, 3.63) is 83.4 Å². The van der Waals surface area contributed by atoms with E-state index in [0.29, 0.717) is 5.56 Å². The number of halogens is 2. The summed E-state index contributed by atoms with van der Waals surface area (Å²) in [5.74, 6) is -0.130. The fourth-order valence-corrected chi connectivity index (χ4v) is 4.88. The first kappa shape index (κ1) is 26.1. The summed E-state index contributed by atoms with van der Waals surface area (Å²) in [7, 11) is 0. The number of carbonyl (C=O) groups excluding carboxylic acids is 1. The summed E-state index contributed by atoms with van der Waals surface area (Å²) in [5.41, 5.74) is 7.47. The zero-order chi connectivity index (χ0) is 21.9. The summed E-state index contributed by atoms with van der Waals surface area (Å²) in [6, 6.07) is 22.0. The van der Waals surface area contributed by atoms with Crippen molar-refractivity contribution in [2.24, 2.45) is 0 Å². The number of likely N-dealkylation sites (tertiary alicyclic amines) is 1. The largest absolute Gasteiger partial charge is 0.393 e. The first-order valence-corrected chi connectivity index (χ1v) is 11.8. The minimum Gasteiger partial charge on any atom is -0.393 e. The Morgan fingerprint density at radius 3 is 2.56 bits per heavy atom. The van der Waals surface area contributed by atoms with E-state index < -0.39 is 0 Å². The maximum absolute atomic E-state index is 13.0. The molecule has 0 unspecified atom stereocenters. The molecule has 178 valence electrons. The first-order chi connectivity index (χ1) is 15.7. The topological polar surface area (TPSA) is 65.5 Å². The number of rotatable bonds is 5. The molecule has 1 amide bonds. The van der Waals surface area contributed by atoms with Crippen molar-refractivity contribution >= 4 is 58.0 Å². The number of aromatic nitrogens is 1. The molecule has 2 heterocycles. The van der Waals surface area contributed by atoms with Crippen LogP contribution < -0.4 is 5.32 Å². The van der Waals surface area contributed by atoms with Gasteiger partial charge in [0.15, 0.2) is 0 Å². The molecule has 0 atom stereocenters. The van der Waals surface area contributed by atoms with Crippen LogP contribution in [0.3, 0.4) is 0 Å². The van der Waals surface area contributed by atoms with E-state index in [4.69, 9.17) is 0 Å². The summed E-state index contributed by atoms with van der Waals surface area (Å²) >= 11 is 1.59. The Bertz CT molecular complexity index is 1240. The van der Waals surface area contributed by atoms with E-state index in [0.717, 1.165) is 65.1 Å². The van der Waals surface area contributed by atoms with Crippen LogP contribution in [0.25, 0.3) is 21.3 Å². The van der Waals surface area contributed by atoms with Crippen LogP contribution in [0.2, 0.25) is 0 Å². The third kappa shape index (κ3) is 5.95. The van der Waals surface area contributed by atoms with Gasteiger partial charge in [0.2, 0.25) is 0 Å². The minimum absolute atomic E-state index is 0. The minimum atomic E-state index is -0.202. The predicted octanol–water partition coefficient (Wildman–Crippen LogP) is 6.02. The monoisotopic (exact) mass is 515 g/mol. The van der Waals surface area contributed by atoms with Gasteiger partial charge in [-0.05, 0) is 59.9 Å². The van der Waals surface area contributed by atoms with Crippen LogP contribution >= 0.6 is 36.2 Å². The third-order valence-electron chi connectivity index (χ3n) is 5.99. The van der Waals surface area contributed by atoms with Gasteiger partial charge >= 0.3 is 0 Å². The van der Waals surface area contributed by atoms with Crippen molar-refractivity contribution in [1.29, 1.82) is 0 Å². The van der Waals surface area contributed by atoms with Gasteiger partial charge in [-0.3, -0.25) is 9.69 Å². The highest BCUT2D eigenvalue weighted by Crippen LogP contribution is 2.28. The molecule has 0 aliphatic carbocycles. The fraction of sp³-hybridized carbons (Fsp3) is 0.231. The number of carbonyl (C=O) groups is 1. The average molecular weight is 516 g/mol. The average Bonchev–Trinajstić information content (AvgIpc) is 3.29. The maximum atomic E-state index is 13.0. The van der Waals surface area contributed by atoms with Gasteiger partial charge in [-0.15, -0.1) is 36.2 Å². The number of hydrogen-bond donors (Lipinski definition) is 2. The molecular weight excluding hydrogens is 489 g/mol. The van der Waals surface area contributed by atoms with Crippen molar-refractivity contribution < 1.29 is 9.90 Å². The van der Waals surface area contributed by atoms with Gasteiger partial charge in [0.05, 0.1) is 21.8 Å². The molecule has 0 bridgehead atoms. The van der Waals surface area contributed by atoms with Crippen LogP contribution in [0.1, 0.15) is 28.8 Å². The molecule has 5 rings (SSSR count). The number of nitrogens with one attached hydrogen (secondary N) is 1. The number of nitrogens with zero attached hydrogens (tertiary/aromatic N) is 2. The van der Waals surface area contributed by atoms with Crippen molar-refractivity contribution in [2.75, 3.05) is 18.4 Å².